The van der Waals surface area contributed by atoms with E-state index in [-0.39, 0.29) is 29.8 Å². The molecule has 0 aliphatic heterocycles. The number of nitrogens with one attached hydrogen (secondary N) is 2. The molecule has 2 aromatic rings. The summed E-state index contributed by atoms with van der Waals surface area (Å²) < 4.78 is 13.9. The van der Waals surface area contributed by atoms with Crippen LogP contribution in [0.4, 0.5) is 4.39 Å². The fraction of sp³-hybridized carbons (Fsp3) is 0.188. The second-order valence-electron chi connectivity index (χ2n) is 4.51. The van der Waals surface area contributed by atoms with E-state index < -0.39 is 0 Å². The van der Waals surface area contributed by atoms with Gasteiger partial charge in [-0.1, -0.05) is 36.4 Å². The standard InChI is InChI=1S/C16H17BrFN3.HI/c1-19-16(20-10-12-5-3-2-4-6-12)21-11-13-7-8-14(17)15(18)9-13;/h2-9H,10-11H2,1H3,(H2,19,20,21);1H. The first kappa shape index (κ1) is 18.9. The van der Waals surface area contributed by atoms with Gasteiger partial charge in [0.15, 0.2) is 5.96 Å². The third-order valence-electron chi connectivity index (χ3n) is 2.97. The molecule has 0 saturated heterocycles. The summed E-state index contributed by atoms with van der Waals surface area (Å²) in [5.41, 5.74) is 2.04. The zero-order valence-corrected chi connectivity index (χ0v) is 16.1. The summed E-state index contributed by atoms with van der Waals surface area (Å²) >= 11 is 3.14. The van der Waals surface area contributed by atoms with Gasteiger partial charge in [-0.05, 0) is 39.2 Å². The third kappa shape index (κ3) is 5.92. The summed E-state index contributed by atoms with van der Waals surface area (Å²) in [6.07, 6.45) is 0. The highest BCUT2D eigenvalue weighted by molar-refractivity contribution is 14.0. The number of benzene rings is 2. The number of halogens is 3. The quantitative estimate of drug-likeness (QED) is 0.395. The van der Waals surface area contributed by atoms with Crippen molar-refractivity contribution in [2.75, 3.05) is 7.05 Å². The van der Waals surface area contributed by atoms with Crippen LogP contribution in [0.2, 0.25) is 0 Å². The Kier molecular flexibility index (Phi) is 8.40. The van der Waals surface area contributed by atoms with Crippen LogP contribution in [0.5, 0.6) is 0 Å². The lowest BCUT2D eigenvalue weighted by atomic mass is 10.2. The topological polar surface area (TPSA) is 36.4 Å². The van der Waals surface area contributed by atoms with Crippen LogP contribution in [0, 0.1) is 5.82 Å². The van der Waals surface area contributed by atoms with Gasteiger partial charge in [-0.15, -0.1) is 24.0 Å². The van der Waals surface area contributed by atoms with Crippen molar-refractivity contribution in [2.24, 2.45) is 4.99 Å². The Hall–Kier alpha value is -1.15. The molecular weight excluding hydrogens is 460 g/mol. The van der Waals surface area contributed by atoms with Crippen LogP contribution in [0.25, 0.3) is 0 Å². The van der Waals surface area contributed by atoms with Crippen molar-refractivity contribution in [3.8, 4) is 0 Å². The maximum atomic E-state index is 13.4. The maximum absolute atomic E-state index is 13.4. The molecule has 2 rings (SSSR count). The van der Waals surface area contributed by atoms with E-state index >= 15 is 0 Å². The smallest absolute Gasteiger partial charge is 0.191 e. The van der Waals surface area contributed by atoms with E-state index in [0.717, 1.165) is 5.56 Å². The fourth-order valence-electron chi connectivity index (χ4n) is 1.84. The van der Waals surface area contributed by atoms with Crippen molar-refractivity contribution < 1.29 is 4.39 Å². The van der Waals surface area contributed by atoms with E-state index in [1.54, 1.807) is 13.1 Å². The van der Waals surface area contributed by atoms with Gasteiger partial charge in [0, 0.05) is 20.1 Å². The zero-order chi connectivity index (χ0) is 15.1. The summed E-state index contributed by atoms with van der Waals surface area (Å²) in [5.74, 6) is 0.420. The first-order valence-corrected chi connectivity index (χ1v) is 7.40. The summed E-state index contributed by atoms with van der Waals surface area (Å²) in [6.45, 7) is 1.20. The molecule has 3 nitrogen and oxygen atoms in total. The monoisotopic (exact) mass is 477 g/mol. The molecule has 0 bridgehead atoms. The molecule has 0 atom stereocenters. The molecule has 0 heterocycles. The van der Waals surface area contributed by atoms with Gasteiger partial charge in [0.25, 0.3) is 0 Å². The lowest BCUT2D eigenvalue weighted by Crippen LogP contribution is -2.36. The van der Waals surface area contributed by atoms with Crippen molar-refractivity contribution >= 4 is 45.9 Å². The van der Waals surface area contributed by atoms with Crippen LogP contribution in [-0.2, 0) is 13.1 Å². The minimum absolute atomic E-state index is 0. The van der Waals surface area contributed by atoms with Crippen molar-refractivity contribution in [3.63, 3.8) is 0 Å². The summed E-state index contributed by atoms with van der Waals surface area (Å²) in [7, 11) is 1.71. The van der Waals surface area contributed by atoms with Crippen molar-refractivity contribution in [3.05, 3.63) is 69.9 Å². The number of hydrogen-bond donors (Lipinski definition) is 2. The van der Waals surface area contributed by atoms with Gasteiger partial charge in [-0.25, -0.2) is 4.39 Å². The molecule has 0 aliphatic carbocycles. The molecule has 22 heavy (non-hydrogen) atoms. The fourth-order valence-corrected chi connectivity index (χ4v) is 2.08. The van der Waals surface area contributed by atoms with E-state index in [9.17, 15) is 4.39 Å². The first-order valence-electron chi connectivity index (χ1n) is 6.61. The van der Waals surface area contributed by atoms with E-state index in [4.69, 9.17) is 0 Å². The highest BCUT2D eigenvalue weighted by Crippen LogP contribution is 2.16. The summed E-state index contributed by atoms with van der Waals surface area (Å²) in [5, 5.41) is 6.38. The lowest BCUT2D eigenvalue weighted by Gasteiger charge is -2.12. The Labute approximate surface area is 155 Å². The normalized spacial score (nSPS) is 10.8. The summed E-state index contributed by atoms with van der Waals surface area (Å²) in [6, 6.07) is 15.1. The highest BCUT2D eigenvalue weighted by atomic mass is 127. The molecule has 2 N–H and O–H groups in total. The Bertz CT molecular complexity index is 620. The largest absolute Gasteiger partial charge is 0.352 e. The van der Waals surface area contributed by atoms with Crippen LogP contribution in [0.1, 0.15) is 11.1 Å². The van der Waals surface area contributed by atoms with Crippen molar-refractivity contribution in [1.29, 1.82) is 0 Å². The van der Waals surface area contributed by atoms with Crippen molar-refractivity contribution in [1.82, 2.24) is 10.6 Å². The van der Waals surface area contributed by atoms with Gasteiger partial charge < -0.3 is 10.6 Å². The van der Waals surface area contributed by atoms with Crippen molar-refractivity contribution in [2.45, 2.75) is 13.1 Å². The SMILES string of the molecule is CN=C(NCc1ccccc1)NCc1ccc(Br)c(F)c1.I. The second kappa shape index (κ2) is 9.78. The average molecular weight is 478 g/mol. The molecule has 0 amide bonds. The van der Waals surface area contributed by atoms with E-state index in [1.165, 1.54) is 11.6 Å². The lowest BCUT2D eigenvalue weighted by molar-refractivity contribution is 0.617. The minimum Gasteiger partial charge on any atom is -0.352 e. The van der Waals surface area contributed by atoms with Gasteiger partial charge in [-0.3, -0.25) is 4.99 Å². The Morgan fingerprint density at radius 1 is 1.05 bits per heavy atom. The van der Waals surface area contributed by atoms with E-state index in [1.807, 2.05) is 36.4 Å². The van der Waals surface area contributed by atoms with Crippen LogP contribution in [0.15, 0.2) is 58.0 Å². The molecule has 0 fully saturated rings. The van der Waals surface area contributed by atoms with Gasteiger partial charge in [0.05, 0.1) is 4.47 Å². The Balaban J connectivity index is 0.00000242. The summed E-state index contributed by atoms with van der Waals surface area (Å²) in [4.78, 5) is 4.15. The molecule has 0 spiro atoms. The Morgan fingerprint density at radius 2 is 1.68 bits per heavy atom. The van der Waals surface area contributed by atoms with E-state index in [2.05, 4.69) is 31.6 Å². The number of rotatable bonds is 4. The van der Waals surface area contributed by atoms with Crippen LogP contribution >= 0.6 is 39.9 Å². The van der Waals surface area contributed by atoms with Crippen LogP contribution in [-0.4, -0.2) is 13.0 Å². The molecule has 0 saturated carbocycles. The molecule has 0 aromatic heterocycles. The zero-order valence-electron chi connectivity index (χ0n) is 12.1. The third-order valence-corrected chi connectivity index (χ3v) is 3.61. The van der Waals surface area contributed by atoms with Gasteiger partial charge in [0.1, 0.15) is 5.82 Å². The van der Waals surface area contributed by atoms with E-state index in [0.29, 0.717) is 23.5 Å². The van der Waals surface area contributed by atoms with Gasteiger partial charge >= 0.3 is 0 Å². The number of guanidine groups is 1. The number of nitrogens with zero attached hydrogens (tertiary/aromatic N) is 1. The molecule has 0 aliphatic rings. The Morgan fingerprint density at radius 3 is 2.27 bits per heavy atom. The second-order valence-corrected chi connectivity index (χ2v) is 5.37. The minimum atomic E-state index is -0.262. The van der Waals surface area contributed by atoms with Crippen LogP contribution < -0.4 is 10.6 Å². The molecule has 6 heteroatoms. The number of aliphatic imine (C=N–C) groups is 1. The molecule has 0 unspecified atom stereocenters. The predicted octanol–water partition coefficient (Wildman–Crippen LogP) is 4.07. The van der Waals surface area contributed by atoms with Crippen LogP contribution in [0.3, 0.4) is 0 Å². The molecule has 2 aromatic carbocycles. The highest BCUT2D eigenvalue weighted by Gasteiger charge is 2.02. The predicted molar refractivity (Wildman–Crippen MR) is 103 cm³/mol. The molecule has 0 radical (unpaired) electrons. The number of hydrogen-bond acceptors (Lipinski definition) is 1. The van der Waals surface area contributed by atoms with Gasteiger partial charge in [-0.2, -0.15) is 0 Å². The first-order chi connectivity index (χ1) is 10.2. The average Bonchev–Trinajstić information content (AvgIpc) is 2.52. The molecule has 118 valence electrons. The maximum Gasteiger partial charge on any atom is 0.191 e. The molecular formula is C16H18BrFIN3. The van der Waals surface area contributed by atoms with Gasteiger partial charge in [0.2, 0.25) is 0 Å².